The van der Waals surface area contributed by atoms with E-state index in [9.17, 15) is 18.0 Å². The van der Waals surface area contributed by atoms with E-state index < -0.39 is 11.7 Å². The van der Waals surface area contributed by atoms with Gasteiger partial charge in [0.1, 0.15) is 5.69 Å². The molecule has 29 heavy (non-hydrogen) atoms. The van der Waals surface area contributed by atoms with Crippen LogP contribution >= 0.6 is 12.4 Å². The molecule has 9 heteroatoms. The molecule has 1 aromatic heterocycles. The first-order valence-corrected chi connectivity index (χ1v) is 9.65. The lowest BCUT2D eigenvalue weighted by Crippen LogP contribution is -2.34. The number of alkyl halides is 3. The van der Waals surface area contributed by atoms with E-state index in [0.29, 0.717) is 17.8 Å². The van der Waals surface area contributed by atoms with E-state index in [0.717, 1.165) is 50.9 Å². The number of carbonyl (C=O) groups is 1. The van der Waals surface area contributed by atoms with Crippen LogP contribution in [0.5, 0.6) is 0 Å². The van der Waals surface area contributed by atoms with Crippen LogP contribution in [0, 0.1) is 0 Å². The third-order valence-electron chi connectivity index (χ3n) is 5.36. The Kier molecular flexibility index (Phi) is 6.53. The molecule has 1 saturated heterocycles. The standard InChI is InChI=1S/C20H23F3N4O.ClH/c21-20(22,23)15-5-3-14(4-6-15)13-26(16-7-8-16)19(28)18-9-11-27(25-18)17-2-1-10-24-12-17;/h3-6,9,11,16-17,24H,1-2,7-8,10,12-13H2;1H. The Morgan fingerprint density at radius 2 is 1.90 bits per heavy atom. The lowest BCUT2D eigenvalue weighted by atomic mass is 10.1. The lowest BCUT2D eigenvalue weighted by Gasteiger charge is -2.23. The Bertz CT molecular complexity index is 827. The van der Waals surface area contributed by atoms with Gasteiger partial charge in [-0.05, 0) is 56.0 Å². The molecule has 1 aliphatic heterocycles. The summed E-state index contributed by atoms with van der Waals surface area (Å²) in [6.07, 6.45) is 1.43. The van der Waals surface area contributed by atoms with Crippen LogP contribution in [0.1, 0.15) is 53.3 Å². The molecule has 5 nitrogen and oxygen atoms in total. The maximum atomic E-state index is 13.0. The van der Waals surface area contributed by atoms with Crippen LogP contribution < -0.4 is 5.32 Å². The van der Waals surface area contributed by atoms with Gasteiger partial charge in [0, 0.05) is 25.3 Å². The van der Waals surface area contributed by atoms with E-state index in [1.54, 1.807) is 11.0 Å². The minimum Gasteiger partial charge on any atom is -0.330 e. The topological polar surface area (TPSA) is 50.2 Å². The van der Waals surface area contributed by atoms with Gasteiger partial charge in [0.15, 0.2) is 0 Å². The van der Waals surface area contributed by atoms with Crippen molar-refractivity contribution in [2.45, 2.75) is 50.5 Å². The molecule has 158 valence electrons. The van der Waals surface area contributed by atoms with Crippen molar-refractivity contribution >= 4 is 18.3 Å². The summed E-state index contributed by atoms with van der Waals surface area (Å²) in [6.45, 7) is 2.14. The minimum absolute atomic E-state index is 0. The third kappa shape index (κ3) is 5.11. The summed E-state index contributed by atoms with van der Waals surface area (Å²) < 4.78 is 40.1. The van der Waals surface area contributed by atoms with Crippen LogP contribution in [0.4, 0.5) is 13.2 Å². The maximum absolute atomic E-state index is 13.0. The fourth-order valence-corrected chi connectivity index (χ4v) is 3.61. The molecule has 1 saturated carbocycles. The van der Waals surface area contributed by atoms with E-state index in [1.165, 1.54) is 12.1 Å². The van der Waals surface area contributed by atoms with Gasteiger partial charge in [0.2, 0.25) is 0 Å². The molecule has 0 bridgehead atoms. The van der Waals surface area contributed by atoms with E-state index in [2.05, 4.69) is 10.4 Å². The third-order valence-corrected chi connectivity index (χ3v) is 5.36. The fraction of sp³-hybridized carbons (Fsp3) is 0.500. The van der Waals surface area contributed by atoms with Crippen molar-refractivity contribution in [2.75, 3.05) is 13.1 Å². The number of carbonyl (C=O) groups excluding carboxylic acids is 1. The van der Waals surface area contributed by atoms with Crippen LogP contribution in [0.25, 0.3) is 0 Å². The fourth-order valence-electron chi connectivity index (χ4n) is 3.61. The molecule has 1 amide bonds. The van der Waals surface area contributed by atoms with Crippen molar-refractivity contribution in [3.63, 3.8) is 0 Å². The highest BCUT2D eigenvalue weighted by atomic mass is 35.5. The summed E-state index contributed by atoms with van der Waals surface area (Å²) in [6, 6.07) is 7.14. The minimum atomic E-state index is -4.36. The summed E-state index contributed by atoms with van der Waals surface area (Å²) in [5, 5.41) is 7.82. The van der Waals surface area contributed by atoms with E-state index >= 15 is 0 Å². The second-order valence-electron chi connectivity index (χ2n) is 7.54. The smallest absolute Gasteiger partial charge is 0.330 e. The van der Waals surface area contributed by atoms with Crippen molar-refractivity contribution in [2.24, 2.45) is 0 Å². The molecule has 1 N–H and O–H groups in total. The maximum Gasteiger partial charge on any atom is 0.416 e. The van der Waals surface area contributed by atoms with Gasteiger partial charge in [-0.1, -0.05) is 12.1 Å². The zero-order valence-electron chi connectivity index (χ0n) is 15.9. The molecule has 1 aliphatic carbocycles. The number of nitrogens with one attached hydrogen (secondary N) is 1. The van der Waals surface area contributed by atoms with Gasteiger partial charge in [-0.25, -0.2) is 0 Å². The molecule has 2 heterocycles. The number of halogens is 4. The number of benzene rings is 1. The van der Waals surface area contributed by atoms with Gasteiger partial charge < -0.3 is 10.2 Å². The molecule has 0 spiro atoms. The second kappa shape index (κ2) is 8.75. The average Bonchev–Trinajstić information content (AvgIpc) is 3.41. The molecule has 1 unspecified atom stereocenters. The predicted molar refractivity (Wildman–Crippen MR) is 105 cm³/mol. The Balaban J connectivity index is 0.00000240. The van der Waals surface area contributed by atoms with Gasteiger partial charge in [-0.2, -0.15) is 18.3 Å². The number of hydrogen-bond donors (Lipinski definition) is 1. The molecule has 1 aromatic carbocycles. The zero-order chi connectivity index (χ0) is 19.7. The van der Waals surface area contributed by atoms with E-state index in [4.69, 9.17) is 0 Å². The Hall–Kier alpha value is -2.06. The zero-order valence-corrected chi connectivity index (χ0v) is 16.7. The van der Waals surface area contributed by atoms with Crippen molar-refractivity contribution in [3.05, 3.63) is 53.3 Å². The number of aromatic nitrogens is 2. The van der Waals surface area contributed by atoms with Crippen LogP contribution in [0.2, 0.25) is 0 Å². The highest BCUT2D eigenvalue weighted by Gasteiger charge is 2.35. The van der Waals surface area contributed by atoms with Crippen molar-refractivity contribution < 1.29 is 18.0 Å². The first kappa shape index (κ1) is 21.6. The van der Waals surface area contributed by atoms with Crippen LogP contribution in [0.15, 0.2) is 36.5 Å². The van der Waals surface area contributed by atoms with E-state index in [-0.39, 0.29) is 30.4 Å². The second-order valence-corrected chi connectivity index (χ2v) is 7.54. The highest BCUT2D eigenvalue weighted by molar-refractivity contribution is 5.92. The summed E-state index contributed by atoms with van der Waals surface area (Å²) in [4.78, 5) is 14.7. The molecule has 2 fully saturated rings. The Morgan fingerprint density at radius 3 is 2.48 bits per heavy atom. The van der Waals surface area contributed by atoms with Gasteiger partial charge in [0.05, 0.1) is 11.6 Å². The Labute approximate surface area is 173 Å². The number of nitrogens with zero attached hydrogens (tertiary/aromatic N) is 3. The molecule has 1 atom stereocenters. The molecular weight excluding hydrogens is 405 g/mol. The summed E-state index contributed by atoms with van der Waals surface area (Å²) in [5.74, 6) is -0.162. The number of hydrogen-bond acceptors (Lipinski definition) is 3. The van der Waals surface area contributed by atoms with Crippen LogP contribution in [-0.2, 0) is 12.7 Å². The SMILES string of the molecule is Cl.O=C(c1ccn(C2CCCNC2)n1)N(Cc1ccc(C(F)(F)F)cc1)C1CC1. The quantitative estimate of drug-likeness (QED) is 0.781. The monoisotopic (exact) mass is 428 g/mol. The summed E-state index contributed by atoms with van der Waals surface area (Å²) in [7, 11) is 0. The Morgan fingerprint density at radius 1 is 1.17 bits per heavy atom. The molecular formula is C20H24ClF3N4O. The predicted octanol–water partition coefficient (Wildman–Crippen LogP) is 4.05. The van der Waals surface area contributed by atoms with Crippen molar-refractivity contribution in [1.82, 2.24) is 20.0 Å². The van der Waals surface area contributed by atoms with Gasteiger partial charge in [-0.15, -0.1) is 12.4 Å². The summed E-state index contributed by atoms with van der Waals surface area (Å²) in [5.41, 5.74) is 0.397. The van der Waals surface area contributed by atoms with Gasteiger partial charge in [-0.3, -0.25) is 9.48 Å². The highest BCUT2D eigenvalue weighted by Crippen LogP contribution is 2.32. The van der Waals surface area contributed by atoms with Crippen molar-refractivity contribution in [1.29, 1.82) is 0 Å². The number of amides is 1. The summed E-state index contributed by atoms with van der Waals surface area (Å²) >= 11 is 0. The van der Waals surface area contributed by atoms with Crippen LogP contribution in [-0.4, -0.2) is 39.7 Å². The number of piperidine rings is 1. The molecule has 0 radical (unpaired) electrons. The molecule has 2 aliphatic rings. The normalized spacial score (nSPS) is 19.5. The van der Waals surface area contributed by atoms with Gasteiger partial charge >= 0.3 is 6.18 Å². The molecule has 2 aromatic rings. The van der Waals surface area contributed by atoms with Crippen LogP contribution in [0.3, 0.4) is 0 Å². The largest absolute Gasteiger partial charge is 0.416 e. The lowest BCUT2D eigenvalue weighted by molar-refractivity contribution is -0.137. The van der Waals surface area contributed by atoms with Gasteiger partial charge in [0.25, 0.3) is 5.91 Å². The average molecular weight is 429 g/mol. The first-order chi connectivity index (χ1) is 13.4. The van der Waals surface area contributed by atoms with E-state index in [1.807, 2.05) is 10.9 Å². The molecule has 4 rings (SSSR count). The van der Waals surface area contributed by atoms with Crippen molar-refractivity contribution in [3.8, 4) is 0 Å². The number of rotatable bonds is 5. The first-order valence-electron chi connectivity index (χ1n) is 9.65.